The minimum Gasteiger partial charge on any atom is -0.867 e. The van der Waals surface area contributed by atoms with E-state index >= 15 is 0 Å². The second kappa shape index (κ2) is 5.58. The minimum atomic E-state index is -1.43. The summed E-state index contributed by atoms with van der Waals surface area (Å²) in [5.74, 6) is -2.09. The number of nitrogens with zero attached hydrogens (tertiary/aromatic N) is 2. The predicted molar refractivity (Wildman–Crippen MR) is 52.5 cm³/mol. The molecule has 0 spiro atoms. The maximum atomic E-state index is 11.4. The standard InChI is InChI=1S/C11H6N2O3.K/c12-13-10-7-4-2-1-3-6(7)8(11(15)16)5-9(10)14;/h1-5H,(H-,14,15,16);/q;+1/p-1. The van der Waals surface area contributed by atoms with E-state index < -0.39 is 11.7 Å². The zero-order valence-corrected chi connectivity index (χ0v) is 12.1. The maximum absolute atomic E-state index is 11.4. The van der Waals surface area contributed by atoms with Crippen molar-refractivity contribution in [3.8, 4) is 5.75 Å². The molecule has 0 saturated carbocycles. The van der Waals surface area contributed by atoms with Gasteiger partial charge in [0.05, 0.1) is 11.4 Å². The van der Waals surface area contributed by atoms with E-state index in [2.05, 4.69) is 4.98 Å². The number of rotatable bonds is 1. The first-order valence-corrected chi connectivity index (χ1v) is 4.44. The molecule has 6 heteroatoms. The molecule has 0 aliphatic carbocycles. The number of hydrogen-bond donors (Lipinski definition) is 0. The minimum absolute atomic E-state index is 0. The van der Waals surface area contributed by atoms with Crippen LogP contribution >= 0.6 is 0 Å². The first kappa shape index (κ1) is 14.1. The predicted octanol–water partition coefficient (Wildman–Crippen LogP) is -2.23. The van der Waals surface area contributed by atoms with Crippen LogP contribution in [0.5, 0.6) is 5.75 Å². The maximum Gasteiger partial charge on any atom is 1.00 e. The Balaban J connectivity index is 0.00000144. The Bertz CT molecular complexity index is 634. The van der Waals surface area contributed by atoms with Gasteiger partial charge in [0.2, 0.25) is 5.39 Å². The van der Waals surface area contributed by atoms with Crippen LogP contribution in [0.4, 0.5) is 5.69 Å². The molecule has 0 amide bonds. The Kier molecular flexibility index (Phi) is 4.62. The summed E-state index contributed by atoms with van der Waals surface area (Å²) in [6, 6.07) is 7.18. The SMILES string of the molecule is N#[N+]c1c([O-])cc(C(=O)[O-])c2ccccc12.[K+]. The van der Waals surface area contributed by atoms with Gasteiger partial charge in [0.1, 0.15) is 0 Å². The molecule has 0 atom stereocenters. The van der Waals surface area contributed by atoms with E-state index in [4.69, 9.17) is 5.39 Å². The van der Waals surface area contributed by atoms with E-state index in [0.29, 0.717) is 5.39 Å². The topological polar surface area (TPSA) is 91.3 Å². The molecule has 0 aliphatic rings. The normalized spacial score (nSPS) is 9.35. The van der Waals surface area contributed by atoms with Gasteiger partial charge in [0, 0.05) is 5.56 Å². The Labute approximate surface area is 139 Å². The van der Waals surface area contributed by atoms with E-state index in [1.54, 1.807) is 12.1 Å². The van der Waals surface area contributed by atoms with Crippen LogP contribution in [0, 0.1) is 5.39 Å². The van der Waals surface area contributed by atoms with Gasteiger partial charge < -0.3 is 15.0 Å². The Hall–Kier alpha value is -0.974. The Morgan fingerprint density at radius 3 is 2.35 bits per heavy atom. The summed E-state index contributed by atoms with van der Waals surface area (Å²) in [5.41, 5.74) is -0.367. The molecule has 17 heavy (non-hydrogen) atoms. The third-order valence-corrected chi connectivity index (χ3v) is 2.30. The molecule has 0 aliphatic heterocycles. The van der Waals surface area contributed by atoms with E-state index in [-0.39, 0.29) is 68.0 Å². The van der Waals surface area contributed by atoms with E-state index in [0.717, 1.165) is 6.07 Å². The van der Waals surface area contributed by atoms with Crippen LogP contribution < -0.4 is 61.6 Å². The first-order valence-electron chi connectivity index (χ1n) is 4.44. The molecule has 2 aromatic rings. The molecular weight excluding hydrogens is 247 g/mol. The van der Waals surface area contributed by atoms with Crippen molar-refractivity contribution in [1.29, 1.82) is 5.39 Å². The third kappa shape index (κ3) is 2.49. The van der Waals surface area contributed by atoms with Crippen LogP contribution in [-0.2, 0) is 0 Å². The van der Waals surface area contributed by atoms with Crippen LogP contribution in [-0.4, -0.2) is 5.97 Å². The number of benzene rings is 2. The summed E-state index contributed by atoms with van der Waals surface area (Å²) < 4.78 is 0. The first-order chi connectivity index (χ1) is 7.65. The van der Waals surface area contributed by atoms with Gasteiger partial charge in [0.15, 0.2) is 4.98 Å². The number of carbonyl (C=O) groups excluding carboxylic acids is 1. The van der Waals surface area contributed by atoms with E-state index in [1.807, 2.05) is 0 Å². The fourth-order valence-electron chi connectivity index (χ4n) is 1.61. The zero-order chi connectivity index (χ0) is 11.7. The van der Waals surface area contributed by atoms with Crippen molar-refractivity contribution in [3.63, 3.8) is 0 Å². The van der Waals surface area contributed by atoms with Crippen molar-refractivity contribution in [2.75, 3.05) is 0 Å². The Morgan fingerprint density at radius 1 is 1.24 bits per heavy atom. The number of carboxylic acid groups (broad SMARTS) is 1. The summed E-state index contributed by atoms with van der Waals surface area (Å²) >= 11 is 0. The number of aromatic carboxylic acids is 1. The zero-order valence-electron chi connectivity index (χ0n) is 9.01. The molecule has 0 heterocycles. The van der Waals surface area contributed by atoms with E-state index in [9.17, 15) is 15.0 Å². The molecule has 5 nitrogen and oxygen atoms in total. The number of diazo groups is 1. The summed E-state index contributed by atoms with van der Waals surface area (Å²) in [4.78, 5) is 13.7. The second-order valence-electron chi connectivity index (χ2n) is 3.20. The second-order valence-corrected chi connectivity index (χ2v) is 3.20. The smallest absolute Gasteiger partial charge is 0.867 e. The van der Waals surface area contributed by atoms with Gasteiger partial charge in [-0.2, -0.15) is 0 Å². The Morgan fingerprint density at radius 2 is 1.82 bits per heavy atom. The molecule has 0 bridgehead atoms. The van der Waals surface area contributed by atoms with Crippen LogP contribution in [0.3, 0.4) is 0 Å². The molecule has 0 fully saturated rings. The van der Waals surface area contributed by atoms with Crippen molar-refractivity contribution in [2.45, 2.75) is 0 Å². The molecule has 0 unspecified atom stereocenters. The molecule has 0 saturated heterocycles. The number of carboxylic acids is 1. The quantitative estimate of drug-likeness (QED) is 0.424. The molecule has 0 radical (unpaired) electrons. The number of fused-ring (bicyclic) bond motifs is 1. The van der Waals surface area contributed by atoms with Gasteiger partial charge in [-0.3, -0.25) is 0 Å². The molecule has 0 aromatic heterocycles. The fourth-order valence-corrected chi connectivity index (χ4v) is 1.61. The molecule has 2 aromatic carbocycles. The number of carbonyl (C=O) groups is 1. The summed E-state index contributed by atoms with van der Waals surface area (Å²) in [6.07, 6.45) is 0. The summed E-state index contributed by atoms with van der Waals surface area (Å²) in [7, 11) is 0. The van der Waals surface area contributed by atoms with Gasteiger partial charge in [-0.1, -0.05) is 24.3 Å². The van der Waals surface area contributed by atoms with Crippen LogP contribution in [0.1, 0.15) is 10.4 Å². The van der Waals surface area contributed by atoms with Gasteiger partial charge in [-0.25, -0.2) is 0 Å². The molecule has 2 rings (SSSR count). The van der Waals surface area contributed by atoms with Crippen molar-refractivity contribution >= 4 is 22.4 Å². The van der Waals surface area contributed by atoms with Crippen LogP contribution in [0.2, 0.25) is 0 Å². The molecule has 78 valence electrons. The average Bonchev–Trinajstić information content (AvgIpc) is 2.28. The van der Waals surface area contributed by atoms with Crippen molar-refractivity contribution in [2.24, 2.45) is 0 Å². The summed E-state index contributed by atoms with van der Waals surface area (Å²) in [5, 5.41) is 31.6. The molecule has 0 N–H and O–H groups in total. The average molecular weight is 252 g/mol. The third-order valence-electron chi connectivity index (χ3n) is 2.30. The van der Waals surface area contributed by atoms with Gasteiger partial charge in [-0.05, 0) is 17.2 Å². The summed E-state index contributed by atoms with van der Waals surface area (Å²) in [6.45, 7) is 0. The van der Waals surface area contributed by atoms with Gasteiger partial charge in [0.25, 0.3) is 0 Å². The van der Waals surface area contributed by atoms with Crippen molar-refractivity contribution < 1.29 is 66.4 Å². The van der Waals surface area contributed by atoms with Gasteiger partial charge in [-0.15, -0.1) is 0 Å². The van der Waals surface area contributed by atoms with Crippen LogP contribution in [0.15, 0.2) is 30.3 Å². The number of hydrogen-bond acceptors (Lipinski definition) is 4. The molecular formula is C11H5KN2O3. The monoisotopic (exact) mass is 252 g/mol. The van der Waals surface area contributed by atoms with Crippen LogP contribution in [0.25, 0.3) is 15.7 Å². The van der Waals surface area contributed by atoms with E-state index in [1.165, 1.54) is 12.1 Å². The van der Waals surface area contributed by atoms with Crippen molar-refractivity contribution in [1.82, 2.24) is 0 Å². The van der Waals surface area contributed by atoms with Gasteiger partial charge >= 0.3 is 57.1 Å². The van der Waals surface area contributed by atoms with Crippen molar-refractivity contribution in [3.05, 3.63) is 40.9 Å². The fraction of sp³-hybridized carbons (Fsp3) is 0. The largest absolute Gasteiger partial charge is 1.00 e.